The van der Waals surface area contributed by atoms with E-state index in [1.54, 1.807) is 0 Å². The molecule has 196 valence electrons. The van der Waals surface area contributed by atoms with E-state index in [1.807, 2.05) is 26.0 Å². The van der Waals surface area contributed by atoms with Gasteiger partial charge in [0.05, 0.1) is 0 Å². The van der Waals surface area contributed by atoms with Gasteiger partial charge in [0, 0.05) is 12.1 Å². The zero-order valence-corrected chi connectivity index (χ0v) is 22.6. The molecule has 0 saturated heterocycles. The number of carbonyl (C=O) groups is 2. The van der Waals surface area contributed by atoms with E-state index in [4.69, 9.17) is 9.47 Å². The quantitative estimate of drug-likeness (QED) is 0.454. The van der Waals surface area contributed by atoms with Crippen LogP contribution >= 0.6 is 0 Å². The lowest BCUT2D eigenvalue weighted by Gasteiger charge is -2.32. The van der Waals surface area contributed by atoms with Crippen molar-refractivity contribution in [1.82, 2.24) is 10.6 Å². The fourth-order valence-electron chi connectivity index (χ4n) is 4.75. The van der Waals surface area contributed by atoms with Gasteiger partial charge < -0.3 is 20.1 Å². The van der Waals surface area contributed by atoms with Crippen molar-refractivity contribution in [3.8, 4) is 11.5 Å². The normalized spacial score (nSPS) is 17.7. The summed E-state index contributed by atoms with van der Waals surface area (Å²) in [7, 11) is 0. The third-order valence-corrected chi connectivity index (χ3v) is 6.76. The minimum atomic E-state index is -0.171. The van der Waals surface area contributed by atoms with Gasteiger partial charge in [-0.15, -0.1) is 0 Å². The van der Waals surface area contributed by atoms with Crippen molar-refractivity contribution < 1.29 is 19.1 Å². The Labute approximate surface area is 216 Å². The van der Waals surface area contributed by atoms with Gasteiger partial charge in [-0.1, -0.05) is 64.8 Å². The van der Waals surface area contributed by atoms with Crippen LogP contribution in [0, 0.1) is 13.8 Å². The van der Waals surface area contributed by atoms with Crippen LogP contribution in [0.1, 0.15) is 87.5 Å². The van der Waals surface area contributed by atoms with Crippen LogP contribution < -0.4 is 20.1 Å². The fraction of sp³-hybridized carbons (Fsp3) is 0.533. The number of rotatable bonds is 10. The Balaban J connectivity index is 1.54. The Morgan fingerprint density at radius 3 is 1.50 bits per heavy atom. The van der Waals surface area contributed by atoms with Crippen LogP contribution in [0.15, 0.2) is 36.4 Å². The van der Waals surface area contributed by atoms with Crippen molar-refractivity contribution >= 4 is 11.8 Å². The first-order chi connectivity index (χ1) is 17.1. The molecule has 6 nitrogen and oxygen atoms in total. The molecule has 0 unspecified atom stereocenters. The van der Waals surface area contributed by atoms with Gasteiger partial charge in [0.15, 0.2) is 13.2 Å². The Morgan fingerprint density at radius 2 is 1.14 bits per heavy atom. The van der Waals surface area contributed by atoms with E-state index in [0.717, 1.165) is 59.4 Å². The molecule has 1 saturated carbocycles. The van der Waals surface area contributed by atoms with Gasteiger partial charge in [0.1, 0.15) is 11.5 Å². The molecule has 3 rings (SSSR count). The first kappa shape index (κ1) is 27.6. The van der Waals surface area contributed by atoms with E-state index >= 15 is 0 Å². The van der Waals surface area contributed by atoms with Crippen LogP contribution in [-0.2, 0) is 9.59 Å². The molecule has 2 aromatic rings. The number of benzene rings is 2. The molecule has 2 amide bonds. The number of carbonyl (C=O) groups excluding carboxylic acids is 2. The third kappa shape index (κ3) is 7.74. The number of amides is 2. The van der Waals surface area contributed by atoms with E-state index in [0.29, 0.717) is 11.8 Å². The molecule has 0 aliphatic heterocycles. The molecule has 0 spiro atoms. The lowest BCUT2D eigenvalue weighted by molar-refractivity contribution is -0.127. The molecule has 0 radical (unpaired) electrons. The summed E-state index contributed by atoms with van der Waals surface area (Å²) in [5, 5.41) is 6.19. The molecular formula is C30H42N2O4. The van der Waals surface area contributed by atoms with Gasteiger partial charge >= 0.3 is 0 Å². The first-order valence-electron chi connectivity index (χ1n) is 13.2. The van der Waals surface area contributed by atoms with E-state index in [9.17, 15) is 9.59 Å². The molecule has 0 bridgehead atoms. The van der Waals surface area contributed by atoms with E-state index < -0.39 is 0 Å². The molecule has 6 heteroatoms. The van der Waals surface area contributed by atoms with Crippen molar-refractivity contribution in [3.05, 3.63) is 58.7 Å². The highest BCUT2D eigenvalue weighted by Crippen LogP contribution is 2.28. The summed E-state index contributed by atoms with van der Waals surface area (Å²) >= 11 is 0. The highest BCUT2D eigenvalue weighted by molar-refractivity contribution is 5.79. The van der Waals surface area contributed by atoms with Crippen molar-refractivity contribution in [2.24, 2.45) is 0 Å². The molecule has 36 heavy (non-hydrogen) atoms. The van der Waals surface area contributed by atoms with E-state index in [-0.39, 0.29) is 37.1 Å². The van der Waals surface area contributed by atoms with Crippen LogP contribution in [0.2, 0.25) is 0 Å². The predicted octanol–water partition coefficient (Wildman–Crippen LogP) is 5.55. The number of aryl methyl sites for hydroxylation is 2. The zero-order valence-electron chi connectivity index (χ0n) is 22.6. The zero-order chi connectivity index (χ0) is 26.2. The largest absolute Gasteiger partial charge is 0.483 e. The second-order valence-electron chi connectivity index (χ2n) is 10.6. The van der Waals surface area contributed by atoms with Crippen LogP contribution in [0.4, 0.5) is 0 Å². The van der Waals surface area contributed by atoms with Gasteiger partial charge in [-0.05, 0) is 72.9 Å². The topological polar surface area (TPSA) is 76.7 Å². The van der Waals surface area contributed by atoms with Crippen molar-refractivity contribution in [2.75, 3.05) is 13.2 Å². The SMILES string of the molecule is Cc1ccc(C(C)C)c(OCC(=O)N[C@H]2CCCC[C@H]2NC(=O)COc2cc(C)ccc2C(C)C)c1. The Kier molecular flexibility index (Phi) is 9.80. The lowest BCUT2D eigenvalue weighted by Crippen LogP contribution is -2.54. The molecule has 0 heterocycles. The van der Waals surface area contributed by atoms with Crippen molar-refractivity contribution in [2.45, 2.75) is 91.1 Å². The van der Waals surface area contributed by atoms with Gasteiger partial charge in [0.2, 0.25) is 0 Å². The van der Waals surface area contributed by atoms with Crippen LogP contribution in [0.3, 0.4) is 0 Å². The molecule has 1 aliphatic rings. The molecular weight excluding hydrogens is 452 g/mol. The van der Waals surface area contributed by atoms with Crippen LogP contribution in [0.5, 0.6) is 11.5 Å². The van der Waals surface area contributed by atoms with E-state index in [1.165, 1.54) is 0 Å². The summed E-state index contributed by atoms with van der Waals surface area (Å²) < 4.78 is 11.8. The highest BCUT2D eigenvalue weighted by atomic mass is 16.5. The number of nitrogens with one attached hydrogen (secondary N) is 2. The van der Waals surface area contributed by atoms with Gasteiger partial charge in [0.25, 0.3) is 11.8 Å². The number of ether oxygens (including phenoxy) is 2. The fourth-order valence-corrected chi connectivity index (χ4v) is 4.75. The summed E-state index contributed by atoms with van der Waals surface area (Å²) in [6.07, 6.45) is 3.69. The van der Waals surface area contributed by atoms with Gasteiger partial charge in [-0.2, -0.15) is 0 Å². The molecule has 1 fully saturated rings. The van der Waals surface area contributed by atoms with E-state index in [2.05, 4.69) is 62.6 Å². The summed E-state index contributed by atoms with van der Waals surface area (Å²) in [6.45, 7) is 12.4. The second kappa shape index (κ2) is 12.8. The molecule has 0 aromatic heterocycles. The average Bonchev–Trinajstić information content (AvgIpc) is 2.82. The predicted molar refractivity (Wildman–Crippen MR) is 144 cm³/mol. The maximum Gasteiger partial charge on any atom is 0.258 e. The standard InChI is InChI=1S/C30H42N2O4/c1-19(2)23-13-11-21(5)15-27(23)35-17-29(33)31-25-9-7-8-10-26(25)32-30(34)18-36-28-16-22(6)12-14-24(28)20(3)4/h11-16,19-20,25-26H,7-10,17-18H2,1-6H3,(H,31,33)(H,32,34)/t25-,26+. The average molecular weight is 495 g/mol. The number of hydrogen-bond acceptors (Lipinski definition) is 4. The summed E-state index contributed by atoms with van der Waals surface area (Å²) in [5.74, 6) is 1.77. The molecule has 1 aliphatic carbocycles. The molecule has 2 atom stereocenters. The minimum Gasteiger partial charge on any atom is -0.483 e. The molecule has 2 aromatic carbocycles. The lowest BCUT2D eigenvalue weighted by atomic mass is 9.90. The number of hydrogen-bond donors (Lipinski definition) is 2. The van der Waals surface area contributed by atoms with Crippen molar-refractivity contribution in [1.29, 1.82) is 0 Å². The second-order valence-corrected chi connectivity index (χ2v) is 10.6. The Hall–Kier alpha value is -3.02. The summed E-state index contributed by atoms with van der Waals surface area (Å²) in [4.78, 5) is 25.5. The monoisotopic (exact) mass is 494 g/mol. The van der Waals surface area contributed by atoms with Crippen LogP contribution in [0.25, 0.3) is 0 Å². The summed E-state index contributed by atoms with van der Waals surface area (Å²) in [6, 6.07) is 12.0. The Morgan fingerprint density at radius 1 is 0.750 bits per heavy atom. The summed E-state index contributed by atoms with van der Waals surface area (Å²) in [5.41, 5.74) is 4.37. The minimum absolute atomic E-state index is 0.0468. The maximum absolute atomic E-state index is 12.8. The van der Waals surface area contributed by atoms with Crippen molar-refractivity contribution in [3.63, 3.8) is 0 Å². The highest BCUT2D eigenvalue weighted by Gasteiger charge is 2.28. The van der Waals surface area contributed by atoms with Crippen LogP contribution in [-0.4, -0.2) is 37.1 Å². The third-order valence-electron chi connectivity index (χ3n) is 6.76. The Bertz CT molecular complexity index is 964. The maximum atomic E-state index is 12.8. The molecule has 2 N–H and O–H groups in total. The van der Waals surface area contributed by atoms with Gasteiger partial charge in [-0.25, -0.2) is 0 Å². The van der Waals surface area contributed by atoms with Gasteiger partial charge in [-0.3, -0.25) is 9.59 Å². The smallest absolute Gasteiger partial charge is 0.258 e. The first-order valence-corrected chi connectivity index (χ1v) is 13.2.